The zero-order chi connectivity index (χ0) is 19.7. The summed E-state index contributed by atoms with van der Waals surface area (Å²) >= 11 is 0. The van der Waals surface area contributed by atoms with Gasteiger partial charge in [-0.2, -0.15) is 0 Å². The van der Waals surface area contributed by atoms with E-state index in [1.165, 1.54) is 70.6 Å². The monoisotopic (exact) mass is 354 g/mol. The first-order chi connectivity index (χ1) is 12.0. The predicted molar refractivity (Wildman–Crippen MR) is 119 cm³/mol. The van der Waals surface area contributed by atoms with Crippen LogP contribution in [0.4, 0.5) is 0 Å². The molecule has 0 bridgehead atoms. The zero-order valence-corrected chi connectivity index (χ0v) is 19.7. The molecule has 0 radical (unpaired) electrons. The summed E-state index contributed by atoms with van der Waals surface area (Å²) in [5.41, 5.74) is 0. The van der Waals surface area contributed by atoms with E-state index in [1.54, 1.807) is 0 Å². The number of hydrogen-bond acceptors (Lipinski definition) is 0. The lowest BCUT2D eigenvalue weighted by atomic mass is 9.78. The molecule has 2 rings (SSSR count). The standard InChI is InChI=1S/2C10H20.C3H8.C2H6/c1-8(2)10-6-4-9(3)5-7-10;1-3-9-5-7-10(4-2)8-6-9;1-3-2;1-2/h8-10H,4-7H2,1-3H3;9-10H,3-8H2,1-2H3;3H2,1-2H3;1-2H3. The molecular formula is C25H54. The molecular weight excluding hydrogens is 300 g/mol. The van der Waals surface area contributed by atoms with Crippen molar-refractivity contribution in [3.05, 3.63) is 0 Å². The van der Waals surface area contributed by atoms with Crippen LogP contribution in [0, 0.1) is 29.6 Å². The summed E-state index contributed by atoms with van der Waals surface area (Å²) in [5.74, 6) is 5.12. The first kappa shape index (κ1) is 27.2. The number of rotatable bonds is 3. The Bertz CT molecular complexity index is 214. The van der Waals surface area contributed by atoms with Crippen molar-refractivity contribution in [1.82, 2.24) is 0 Å². The van der Waals surface area contributed by atoms with E-state index in [1.807, 2.05) is 13.8 Å². The van der Waals surface area contributed by atoms with Crippen molar-refractivity contribution < 1.29 is 0 Å². The van der Waals surface area contributed by atoms with E-state index in [4.69, 9.17) is 0 Å². The fraction of sp³-hybridized carbons (Fsp3) is 1.00. The van der Waals surface area contributed by atoms with Gasteiger partial charge >= 0.3 is 0 Å². The van der Waals surface area contributed by atoms with Gasteiger partial charge in [-0.25, -0.2) is 0 Å². The van der Waals surface area contributed by atoms with E-state index in [2.05, 4.69) is 48.5 Å². The van der Waals surface area contributed by atoms with Gasteiger partial charge in [0.25, 0.3) is 0 Å². The Morgan fingerprint density at radius 3 is 1.20 bits per heavy atom. The third-order valence-corrected chi connectivity index (χ3v) is 6.12. The summed E-state index contributed by atoms with van der Waals surface area (Å²) < 4.78 is 0. The summed E-state index contributed by atoms with van der Waals surface area (Å²) in [7, 11) is 0. The van der Waals surface area contributed by atoms with Gasteiger partial charge in [0.1, 0.15) is 0 Å². The molecule has 0 aromatic heterocycles. The molecule has 0 unspecified atom stereocenters. The van der Waals surface area contributed by atoms with Gasteiger partial charge in [0.2, 0.25) is 0 Å². The maximum Gasteiger partial charge on any atom is -0.0391 e. The van der Waals surface area contributed by atoms with Gasteiger partial charge in [-0.15, -0.1) is 0 Å². The van der Waals surface area contributed by atoms with Crippen molar-refractivity contribution in [2.75, 3.05) is 0 Å². The van der Waals surface area contributed by atoms with Crippen LogP contribution in [0.2, 0.25) is 0 Å². The maximum absolute atomic E-state index is 2.39. The van der Waals surface area contributed by atoms with Crippen molar-refractivity contribution >= 4 is 0 Å². The molecule has 154 valence electrons. The molecule has 0 heterocycles. The topological polar surface area (TPSA) is 0 Å². The van der Waals surface area contributed by atoms with Crippen molar-refractivity contribution in [1.29, 1.82) is 0 Å². The molecule has 2 aliphatic rings. The van der Waals surface area contributed by atoms with Crippen LogP contribution in [-0.4, -0.2) is 0 Å². The van der Waals surface area contributed by atoms with E-state index in [9.17, 15) is 0 Å². The van der Waals surface area contributed by atoms with Gasteiger partial charge in [0, 0.05) is 0 Å². The molecule has 0 amide bonds. The summed E-state index contributed by atoms with van der Waals surface area (Å²) in [5, 5.41) is 0. The molecule has 0 N–H and O–H groups in total. The molecule has 0 aromatic carbocycles. The lowest BCUT2D eigenvalue weighted by Crippen LogP contribution is -2.16. The summed E-state index contributed by atoms with van der Waals surface area (Å²) in [6.07, 6.45) is 16.0. The van der Waals surface area contributed by atoms with E-state index in [0.29, 0.717) is 0 Å². The predicted octanol–water partition coefficient (Wildman–Crippen LogP) is 9.52. The SMILES string of the molecule is CC.CC1CCC(C(C)C)CC1.CCC.CCC1CCC(CC)CC1. The Kier molecular flexibility index (Phi) is 20.4. The fourth-order valence-corrected chi connectivity index (χ4v) is 4.00. The molecule has 0 aromatic rings. The first-order valence-electron chi connectivity index (χ1n) is 12.0. The second-order valence-corrected chi connectivity index (χ2v) is 8.67. The average Bonchev–Trinajstić information content (AvgIpc) is 2.65. The molecule has 0 saturated heterocycles. The maximum atomic E-state index is 2.39. The lowest BCUT2D eigenvalue weighted by molar-refractivity contribution is 0.234. The molecule has 2 fully saturated rings. The Balaban J connectivity index is 0. The minimum atomic E-state index is 0.924. The van der Waals surface area contributed by atoms with Crippen LogP contribution >= 0.6 is 0 Å². The largest absolute Gasteiger partial charge is 0.0683 e. The summed E-state index contributed by atoms with van der Waals surface area (Å²) in [6, 6.07) is 0. The highest BCUT2D eigenvalue weighted by molar-refractivity contribution is 4.72. The van der Waals surface area contributed by atoms with Crippen LogP contribution in [0.5, 0.6) is 0 Å². The highest BCUT2D eigenvalue weighted by atomic mass is 14.3. The van der Waals surface area contributed by atoms with E-state index >= 15 is 0 Å². The van der Waals surface area contributed by atoms with Gasteiger partial charge < -0.3 is 0 Å². The molecule has 0 aliphatic heterocycles. The molecule has 0 atom stereocenters. The Labute approximate surface area is 163 Å². The molecule has 0 nitrogen and oxygen atoms in total. The quantitative estimate of drug-likeness (QED) is 0.473. The van der Waals surface area contributed by atoms with Crippen molar-refractivity contribution in [2.45, 2.75) is 133 Å². The zero-order valence-electron chi connectivity index (χ0n) is 19.7. The third-order valence-electron chi connectivity index (χ3n) is 6.12. The highest BCUT2D eigenvalue weighted by Crippen LogP contribution is 2.33. The van der Waals surface area contributed by atoms with Crippen molar-refractivity contribution in [3.8, 4) is 0 Å². The molecule has 2 aliphatic carbocycles. The van der Waals surface area contributed by atoms with Crippen molar-refractivity contribution in [3.63, 3.8) is 0 Å². The molecule has 0 spiro atoms. The van der Waals surface area contributed by atoms with Gasteiger partial charge in [-0.3, -0.25) is 0 Å². The first-order valence-corrected chi connectivity index (χ1v) is 12.0. The van der Waals surface area contributed by atoms with Gasteiger partial charge in [-0.1, -0.05) is 120 Å². The average molecular weight is 355 g/mol. The van der Waals surface area contributed by atoms with Gasteiger partial charge in [-0.05, 0) is 42.4 Å². The summed E-state index contributed by atoms with van der Waals surface area (Å²) in [4.78, 5) is 0. The second-order valence-electron chi connectivity index (χ2n) is 8.67. The smallest absolute Gasteiger partial charge is 0.0391 e. The van der Waals surface area contributed by atoms with Crippen LogP contribution in [0.3, 0.4) is 0 Å². The Morgan fingerprint density at radius 2 is 0.960 bits per heavy atom. The van der Waals surface area contributed by atoms with E-state index < -0.39 is 0 Å². The molecule has 25 heavy (non-hydrogen) atoms. The highest BCUT2D eigenvalue weighted by Gasteiger charge is 2.20. The molecule has 0 heteroatoms. The Morgan fingerprint density at radius 1 is 0.640 bits per heavy atom. The summed E-state index contributed by atoms with van der Waals surface area (Å²) in [6.45, 7) is 20.0. The minimum absolute atomic E-state index is 0.924. The Hall–Kier alpha value is 0. The second kappa shape index (κ2) is 18.8. The van der Waals surface area contributed by atoms with Crippen LogP contribution in [0.15, 0.2) is 0 Å². The van der Waals surface area contributed by atoms with Crippen LogP contribution in [0.25, 0.3) is 0 Å². The van der Waals surface area contributed by atoms with E-state index in [0.717, 1.165) is 29.6 Å². The van der Waals surface area contributed by atoms with Gasteiger partial charge in [0.05, 0.1) is 0 Å². The van der Waals surface area contributed by atoms with Crippen LogP contribution in [0.1, 0.15) is 133 Å². The number of hydrogen-bond donors (Lipinski definition) is 0. The molecule has 2 saturated carbocycles. The van der Waals surface area contributed by atoms with Crippen molar-refractivity contribution in [2.24, 2.45) is 29.6 Å². The van der Waals surface area contributed by atoms with Crippen LogP contribution in [-0.2, 0) is 0 Å². The minimum Gasteiger partial charge on any atom is -0.0683 e. The lowest BCUT2D eigenvalue weighted by Gasteiger charge is -2.28. The fourth-order valence-electron chi connectivity index (χ4n) is 4.00. The third kappa shape index (κ3) is 14.8. The van der Waals surface area contributed by atoms with Crippen LogP contribution < -0.4 is 0 Å². The van der Waals surface area contributed by atoms with Gasteiger partial charge in [0.15, 0.2) is 0 Å². The normalized spacial score (nSPS) is 28.6. The van der Waals surface area contributed by atoms with E-state index in [-0.39, 0.29) is 0 Å².